The van der Waals surface area contributed by atoms with Crippen LogP contribution in [0.1, 0.15) is 25.8 Å². The zero-order valence-corrected chi connectivity index (χ0v) is 20.0. The van der Waals surface area contributed by atoms with Gasteiger partial charge in [-0.05, 0) is 45.0 Å². The Balaban J connectivity index is 2.03. The molecule has 3 rings (SSSR count). The Bertz CT molecular complexity index is 1250. The van der Waals surface area contributed by atoms with Crippen LogP contribution in [0.3, 0.4) is 0 Å². The smallest absolute Gasteiger partial charge is 0.273 e. The van der Waals surface area contributed by atoms with Gasteiger partial charge in [0.05, 0.1) is 29.5 Å². The zero-order valence-electron chi connectivity index (χ0n) is 18.4. The van der Waals surface area contributed by atoms with Crippen molar-refractivity contribution in [1.29, 1.82) is 0 Å². The van der Waals surface area contributed by atoms with Crippen LogP contribution in [0.25, 0.3) is 21.3 Å². The van der Waals surface area contributed by atoms with E-state index in [1.807, 2.05) is 0 Å². The molecule has 1 amide bonds. The second kappa shape index (κ2) is 9.75. The van der Waals surface area contributed by atoms with Gasteiger partial charge in [0.1, 0.15) is 10.8 Å². The van der Waals surface area contributed by atoms with Gasteiger partial charge < -0.3 is 9.47 Å². The Morgan fingerprint density at radius 3 is 2.58 bits per heavy atom. The van der Waals surface area contributed by atoms with Crippen molar-refractivity contribution in [3.05, 3.63) is 47.2 Å². The number of methoxy groups -OCH3 is 1. The molecule has 8 nitrogen and oxygen atoms in total. The average molecular weight is 500 g/mol. The van der Waals surface area contributed by atoms with Crippen molar-refractivity contribution < 1.29 is 31.5 Å². The van der Waals surface area contributed by atoms with Crippen molar-refractivity contribution in [2.75, 3.05) is 20.3 Å². The minimum atomic E-state index is -4.37. The van der Waals surface area contributed by atoms with Crippen LogP contribution in [0.15, 0.2) is 30.5 Å². The molecule has 2 heterocycles. The van der Waals surface area contributed by atoms with Crippen LogP contribution >= 0.6 is 11.3 Å². The van der Waals surface area contributed by atoms with E-state index in [0.717, 1.165) is 17.4 Å². The highest BCUT2D eigenvalue weighted by Crippen LogP contribution is 2.39. The normalized spacial score (nSPS) is 13.9. The van der Waals surface area contributed by atoms with Crippen molar-refractivity contribution in [3.63, 3.8) is 0 Å². The van der Waals surface area contributed by atoms with Gasteiger partial charge in [0.15, 0.2) is 0 Å². The third-order valence-corrected chi connectivity index (χ3v) is 8.56. The Morgan fingerprint density at radius 2 is 2.00 bits per heavy atom. The highest BCUT2D eigenvalue weighted by Gasteiger charge is 2.47. The van der Waals surface area contributed by atoms with Crippen molar-refractivity contribution in [2.45, 2.75) is 31.8 Å². The number of hydrogen-bond acceptors (Lipinski definition) is 8. The number of thiazole rings is 1. The quantitative estimate of drug-likeness (QED) is 0.310. The molecule has 178 valence electrons. The standard InChI is InChI=1S/C21H23F2N3O5S2/c1-13(2)31-8-7-26(12-27)33(28,29)21(3,30-4)20-25-17-9-15(16(22)10-18(17)32-20)14-5-6-19(23)24-11-14/h5-6,9-13H,7-8H2,1-4H3. The average Bonchev–Trinajstić information content (AvgIpc) is 3.19. The first-order chi connectivity index (χ1) is 15.5. The molecule has 0 aliphatic carbocycles. The lowest BCUT2D eigenvalue weighted by Crippen LogP contribution is -2.46. The predicted molar refractivity (Wildman–Crippen MR) is 120 cm³/mol. The summed E-state index contributed by atoms with van der Waals surface area (Å²) in [5, 5.41) is 0.0189. The molecule has 33 heavy (non-hydrogen) atoms. The third-order valence-electron chi connectivity index (χ3n) is 4.98. The minimum Gasteiger partial charge on any atom is -0.377 e. The number of ether oxygens (including phenoxy) is 2. The number of halogens is 2. The number of rotatable bonds is 10. The maximum Gasteiger partial charge on any atom is 0.273 e. The summed E-state index contributed by atoms with van der Waals surface area (Å²) < 4.78 is 66.2. The molecule has 0 N–H and O–H groups in total. The molecule has 12 heteroatoms. The van der Waals surface area contributed by atoms with E-state index >= 15 is 0 Å². The topological polar surface area (TPSA) is 98.7 Å². The highest BCUT2D eigenvalue weighted by molar-refractivity contribution is 7.90. The van der Waals surface area contributed by atoms with Crippen LogP contribution in [-0.4, -0.2) is 55.5 Å². The molecule has 0 aliphatic heterocycles. The molecule has 0 fully saturated rings. The SMILES string of the molecule is COC(C)(c1nc2cc(-c3ccc(F)nc3)c(F)cc2s1)S(=O)(=O)N(C=O)CCOC(C)C. The zero-order chi connectivity index (χ0) is 24.4. The third kappa shape index (κ3) is 4.88. The highest BCUT2D eigenvalue weighted by atomic mass is 32.2. The molecule has 3 aromatic rings. The fourth-order valence-corrected chi connectivity index (χ4v) is 5.82. The van der Waals surface area contributed by atoms with Gasteiger partial charge in [0, 0.05) is 24.4 Å². The number of benzene rings is 1. The van der Waals surface area contributed by atoms with E-state index in [4.69, 9.17) is 9.47 Å². The molecule has 0 saturated carbocycles. The molecular weight excluding hydrogens is 476 g/mol. The first kappa shape index (κ1) is 25.1. The van der Waals surface area contributed by atoms with Crippen molar-refractivity contribution in [1.82, 2.24) is 14.3 Å². The molecule has 0 saturated heterocycles. The summed E-state index contributed by atoms with van der Waals surface area (Å²) in [4.78, 5) is 17.5. The Hall–Kier alpha value is -2.54. The molecule has 1 atom stereocenters. The Morgan fingerprint density at radius 1 is 1.27 bits per heavy atom. The number of sulfonamides is 1. The van der Waals surface area contributed by atoms with Crippen LogP contribution in [0.4, 0.5) is 8.78 Å². The van der Waals surface area contributed by atoms with E-state index in [-0.39, 0.29) is 36.2 Å². The van der Waals surface area contributed by atoms with Crippen molar-refractivity contribution in [2.24, 2.45) is 0 Å². The summed E-state index contributed by atoms with van der Waals surface area (Å²) in [7, 11) is -3.19. The Labute approximate surface area is 194 Å². The van der Waals surface area contributed by atoms with Crippen LogP contribution in [0, 0.1) is 11.8 Å². The van der Waals surface area contributed by atoms with E-state index in [9.17, 15) is 22.0 Å². The number of nitrogens with zero attached hydrogens (tertiary/aromatic N) is 3. The molecule has 0 spiro atoms. The fourth-order valence-electron chi connectivity index (χ4n) is 3.03. The summed E-state index contributed by atoms with van der Waals surface area (Å²) in [5.74, 6) is -1.30. The van der Waals surface area contributed by atoms with Crippen molar-refractivity contribution >= 4 is 38.0 Å². The largest absolute Gasteiger partial charge is 0.377 e. The number of fused-ring (bicyclic) bond motifs is 1. The molecule has 0 radical (unpaired) electrons. The molecule has 0 aliphatic rings. The van der Waals surface area contributed by atoms with E-state index < -0.39 is 26.7 Å². The number of aromatic nitrogens is 2. The molecule has 2 aromatic heterocycles. The molecule has 1 unspecified atom stereocenters. The van der Waals surface area contributed by atoms with Gasteiger partial charge in [0.25, 0.3) is 10.0 Å². The van der Waals surface area contributed by atoms with Gasteiger partial charge in [0.2, 0.25) is 17.3 Å². The predicted octanol–water partition coefficient (Wildman–Crippen LogP) is 3.67. The van der Waals surface area contributed by atoms with E-state index in [0.29, 0.717) is 20.1 Å². The number of pyridine rings is 1. The number of carbonyl (C=O) groups excluding carboxylic acids is 1. The molecule has 1 aromatic carbocycles. The van der Waals surface area contributed by atoms with E-state index in [1.165, 1.54) is 38.4 Å². The van der Waals surface area contributed by atoms with E-state index in [2.05, 4.69) is 9.97 Å². The van der Waals surface area contributed by atoms with Crippen molar-refractivity contribution in [3.8, 4) is 11.1 Å². The lowest BCUT2D eigenvalue weighted by molar-refractivity contribution is -0.115. The summed E-state index contributed by atoms with van der Waals surface area (Å²) in [5.41, 5.74) is 0.786. The number of carbonyl (C=O) groups is 1. The van der Waals surface area contributed by atoms with Gasteiger partial charge >= 0.3 is 0 Å². The maximum atomic E-state index is 14.8. The minimum absolute atomic E-state index is 0.00948. The van der Waals surface area contributed by atoms with Gasteiger partial charge in [-0.2, -0.15) is 4.39 Å². The van der Waals surface area contributed by atoms with E-state index in [1.54, 1.807) is 13.8 Å². The summed E-state index contributed by atoms with van der Waals surface area (Å²) in [6.45, 7) is 4.66. The summed E-state index contributed by atoms with van der Waals surface area (Å²) in [6.07, 6.45) is 1.25. The molecular formula is C21H23F2N3O5S2. The van der Waals surface area contributed by atoms with Gasteiger partial charge in [-0.15, -0.1) is 11.3 Å². The summed E-state index contributed by atoms with van der Waals surface area (Å²) >= 11 is 0.928. The Kier molecular flexibility index (Phi) is 7.42. The maximum absolute atomic E-state index is 14.8. The lowest BCUT2D eigenvalue weighted by atomic mass is 10.1. The number of amides is 1. The van der Waals surface area contributed by atoms with Gasteiger partial charge in [-0.3, -0.25) is 4.79 Å². The van der Waals surface area contributed by atoms with Crippen LogP contribution in [0.2, 0.25) is 0 Å². The fraction of sp³-hybridized carbons (Fsp3) is 0.381. The van der Waals surface area contributed by atoms with Crippen LogP contribution < -0.4 is 0 Å². The first-order valence-electron chi connectivity index (χ1n) is 9.89. The first-order valence-corrected chi connectivity index (χ1v) is 12.1. The van der Waals surface area contributed by atoms with Crippen LogP contribution in [0.5, 0.6) is 0 Å². The second-order valence-corrected chi connectivity index (χ2v) is 10.7. The monoisotopic (exact) mass is 499 g/mol. The lowest BCUT2D eigenvalue weighted by Gasteiger charge is -2.30. The summed E-state index contributed by atoms with van der Waals surface area (Å²) in [6, 6.07) is 5.13. The van der Waals surface area contributed by atoms with Gasteiger partial charge in [-0.1, -0.05) is 0 Å². The number of hydrogen-bond donors (Lipinski definition) is 0. The van der Waals surface area contributed by atoms with Gasteiger partial charge in [-0.25, -0.2) is 27.1 Å². The molecule has 0 bridgehead atoms. The second-order valence-electron chi connectivity index (χ2n) is 7.48. The van der Waals surface area contributed by atoms with Crippen LogP contribution in [-0.2, 0) is 29.2 Å².